The second-order valence-electron chi connectivity index (χ2n) is 7.41. The Morgan fingerprint density at radius 2 is 1.67 bits per heavy atom. The second-order valence-corrected chi connectivity index (χ2v) is 7.41. The lowest BCUT2D eigenvalue weighted by molar-refractivity contribution is 0.102. The monoisotopic (exact) mass is 397 g/mol. The van der Waals surface area contributed by atoms with Gasteiger partial charge in [-0.05, 0) is 53.8 Å². The molecule has 0 saturated carbocycles. The highest BCUT2D eigenvalue weighted by Crippen LogP contribution is 2.27. The lowest BCUT2D eigenvalue weighted by atomic mass is 9.96. The Kier molecular flexibility index (Phi) is 5.48. The largest absolute Gasteiger partial charge is 0.422 e. The van der Waals surface area contributed by atoms with Gasteiger partial charge in [-0.3, -0.25) is 4.79 Å². The Balaban J connectivity index is 1.60. The highest BCUT2D eigenvalue weighted by molar-refractivity contribution is 6.05. The molecule has 0 spiro atoms. The molecule has 0 aliphatic heterocycles. The van der Waals surface area contributed by atoms with Crippen molar-refractivity contribution in [2.24, 2.45) is 0 Å². The minimum absolute atomic E-state index is 0.178. The molecular weight excluding hydrogens is 374 g/mol. The average Bonchev–Trinajstić information content (AvgIpc) is 2.78. The molecule has 1 heterocycles. The predicted octanol–water partition coefficient (Wildman–Crippen LogP) is 6.23. The first kappa shape index (κ1) is 19.6. The van der Waals surface area contributed by atoms with Crippen molar-refractivity contribution in [3.8, 4) is 11.1 Å². The minimum Gasteiger partial charge on any atom is -0.422 e. The summed E-state index contributed by atoms with van der Waals surface area (Å²) in [5.41, 5.74) is 3.84. The fourth-order valence-electron chi connectivity index (χ4n) is 3.52. The summed E-state index contributed by atoms with van der Waals surface area (Å²) in [7, 11) is 0. The summed E-state index contributed by atoms with van der Waals surface area (Å²) in [6.45, 7) is 4.28. The SMILES string of the molecule is CC[C@@H](C)c1ccccc1NC(=O)c1ccc(-c2cc3ccccc3oc2=O)cc1. The number of rotatable bonds is 5. The van der Waals surface area contributed by atoms with Crippen LogP contribution in [0.15, 0.2) is 88.1 Å². The van der Waals surface area contributed by atoms with Gasteiger partial charge in [0.1, 0.15) is 5.58 Å². The van der Waals surface area contributed by atoms with Gasteiger partial charge in [0.2, 0.25) is 0 Å². The van der Waals surface area contributed by atoms with E-state index in [0.717, 1.165) is 23.1 Å². The van der Waals surface area contributed by atoms with Gasteiger partial charge in [-0.15, -0.1) is 0 Å². The van der Waals surface area contributed by atoms with Gasteiger partial charge >= 0.3 is 5.63 Å². The van der Waals surface area contributed by atoms with E-state index in [4.69, 9.17) is 4.42 Å². The molecular formula is C26H23NO3. The number of carbonyl (C=O) groups is 1. The number of fused-ring (bicyclic) bond motifs is 1. The Labute approximate surface area is 175 Å². The number of anilines is 1. The van der Waals surface area contributed by atoms with Crippen LogP contribution in [0.4, 0.5) is 5.69 Å². The number of carbonyl (C=O) groups excluding carboxylic acids is 1. The molecule has 0 saturated heterocycles. The summed E-state index contributed by atoms with van der Waals surface area (Å²) in [5.74, 6) is 0.179. The van der Waals surface area contributed by atoms with Crippen molar-refractivity contribution in [3.63, 3.8) is 0 Å². The van der Waals surface area contributed by atoms with Crippen LogP contribution in [0.3, 0.4) is 0 Å². The third kappa shape index (κ3) is 3.90. The van der Waals surface area contributed by atoms with E-state index in [-0.39, 0.29) is 5.91 Å². The fourth-order valence-corrected chi connectivity index (χ4v) is 3.52. The van der Waals surface area contributed by atoms with Crippen molar-refractivity contribution < 1.29 is 9.21 Å². The molecule has 0 aliphatic carbocycles. The van der Waals surface area contributed by atoms with Crippen LogP contribution in [0.2, 0.25) is 0 Å². The molecule has 1 amide bonds. The van der Waals surface area contributed by atoms with Crippen molar-refractivity contribution in [2.45, 2.75) is 26.2 Å². The highest BCUT2D eigenvalue weighted by atomic mass is 16.4. The van der Waals surface area contributed by atoms with Crippen LogP contribution < -0.4 is 10.9 Å². The molecule has 0 unspecified atom stereocenters. The lowest BCUT2D eigenvalue weighted by Gasteiger charge is -2.15. The van der Waals surface area contributed by atoms with Gasteiger partial charge < -0.3 is 9.73 Å². The standard InChI is InChI=1S/C26H23NO3/c1-3-17(2)21-9-5-6-10-23(21)27-25(28)19-14-12-18(13-15-19)22-16-20-8-4-7-11-24(20)30-26(22)29/h4-17H,3H2,1-2H3,(H,27,28)/t17-/m1/s1. The third-order valence-corrected chi connectivity index (χ3v) is 5.45. The van der Waals surface area contributed by atoms with Crippen molar-refractivity contribution >= 4 is 22.6 Å². The molecule has 30 heavy (non-hydrogen) atoms. The maximum atomic E-state index is 12.8. The first-order valence-corrected chi connectivity index (χ1v) is 10.1. The van der Waals surface area contributed by atoms with Gasteiger partial charge in [-0.25, -0.2) is 4.79 Å². The zero-order valence-corrected chi connectivity index (χ0v) is 17.0. The quantitative estimate of drug-likeness (QED) is 0.406. The molecule has 1 N–H and O–H groups in total. The summed E-state index contributed by atoms with van der Waals surface area (Å²) in [4.78, 5) is 25.2. The van der Waals surface area contributed by atoms with E-state index in [0.29, 0.717) is 28.2 Å². The highest BCUT2D eigenvalue weighted by Gasteiger charge is 2.13. The number of para-hydroxylation sites is 2. The number of amides is 1. The van der Waals surface area contributed by atoms with Crippen LogP contribution in [0.1, 0.15) is 42.1 Å². The maximum Gasteiger partial charge on any atom is 0.344 e. The molecule has 0 fully saturated rings. The molecule has 4 rings (SSSR count). The topological polar surface area (TPSA) is 59.3 Å². The Bertz CT molecular complexity index is 1260. The summed E-state index contributed by atoms with van der Waals surface area (Å²) < 4.78 is 5.42. The second kappa shape index (κ2) is 8.37. The van der Waals surface area contributed by atoms with Gasteiger partial charge in [-0.2, -0.15) is 0 Å². The van der Waals surface area contributed by atoms with E-state index in [9.17, 15) is 9.59 Å². The molecule has 0 aliphatic rings. The molecule has 4 aromatic rings. The lowest BCUT2D eigenvalue weighted by Crippen LogP contribution is -2.14. The van der Waals surface area contributed by atoms with Crippen molar-refractivity contribution in [1.82, 2.24) is 0 Å². The van der Waals surface area contributed by atoms with Crippen LogP contribution in [0.5, 0.6) is 0 Å². The van der Waals surface area contributed by atoms with Crippen molar-refractivity contribution in [3.05, 3.63) is 100 Å². The van der Waals surface area contributed by atoms with E-state index in [1.54, 1.807) is 30.3 Å². The Morgan fingerprint density at radius 1 is 0.967 bits per heavy atom. The first-order chi connectivity index (χ1) is 14.6. The Morgan fingerprint density at radius 3 is 2.43 bits per heavy atom. The summed E-state index contributed by atoms with van der Waals surface area (Å²) in [6.07, 6.45) is 0.996. The first-order valence-electron chi connectivity index (χ1n) is 10.1. The fraction of sp³-hybridized carbons (Fsp3) is 0.154. The van der Waals surface area contributed by atoms with Gasteiger partial charge in [0.15, 0.2) is 0 Å². The zero-order valence-electron chi connectivity index (χ0n) is 17.0. The van der Waals surface area contributed by atoms with Crippen LogP contribution in [0.25, 0.3) is 22.1 Å². The van der Waals surface area contributed by atoms with Crippen LogP contribution >= 0.6 is 0 Å². The summed E-state index contributed by atoms with van der Waals surface area (Å²) >= 11 is 0. The van der Waals surface area contributed by atoms with Gasteiger partial charge in [0.25, 0.3) is 5.91 Å². The van der Waals surface area contributed by atoms with Crippen LogP contribution in [0, 0.1) is 0 Å². The summed E-state index contributed by atoms with van der Waals surface area (Å²) in [6, 6.07) is 24.1. The Hall–Kier alpha value is -3.66. The van der Waals surface area contributed by atoms with E-state index >= 15 is 0 Å². The van der Waals surface area contributed by atoms with Crippen LogP contribution in [-0.2, 0) is 0 Å². The van der Waals surface area contributed by atoms with Crippen molar-refractivity contribution in [1.29, 1.82) is 0 Å². The molecule has 150 valence electrons. The molecule has 4 heteroatoms. The minimum atomic E-state index is -0.395. The number of hydrogen-bond acceptors (Lipinski definition) is 3. The smallest absolute Gasteiger partial charge is 0.344 e. The molecule has 3 aromatic carbocycles. The average molecular weight is 397 g/mol. The van der Waals surface area contributed by atoms with Crippen LogP contribution in [-0.4, -0.2) is 5.91 Å². The van der Waals surface area contributed by atoms with E-state index in [1.165, 1.54) is 0 Å². The summed E-state index contributed by atoms with van der Waals surface area (Å²) in [5, 5.41) is 3.87. The van der Waals surface area contributed by atoms with Gasteiger partial charge in [0.05, 0.1) is 5.56 Å². The van der Waals surface area contributed by atoms with Gasteiger partial charge in [-0.1, -0.05) is 62.4 Å². The molecule has 0 bridgehead atoms. The number of nitrogens with one attached hydrogen (secondary N) is 1. The number of hydrogen-bond donors (Lipinski definition) is 1. The van der Waals surface area contributed by atoms with Gasteiger partial charge in [0, 0.05) is 16.6 Å². The maximum absolute atomic E-state index is 12.8. The number of benzene rings is 3. The molecule has 1 atom stereocenters. The molecule has 4 nitrogen and oxygen atoms in total. The zero-order chi connectivity index (χ0) is 21.1. The van der Waals surface area contributed by atoms with E-state index in [2.05, 4.69) is 19.2 Å². The molecule has 1 aromatic heterocycles. The van der Waals surface area contributed by atoms with E-state index in [1.807, 2.05) is 48.5 Å². The van der Waals surface area contributed by atoms with E-state index < -0.39 is 5.63 Å². The predicted molar refractivity (Wildman–Crippen MR) is 121 cm³/mol. The van der Waals surface area contributed by atoms with Crippen molar-refractivity contribution in [2.75, 3.05) is 5.32 Å². The molecule has 0 radical (unpaired) electrons. The normalized spacial score (nSPS) is 11.9. The third-order valence-electron chi connectivity index (χ3n) is 5.45.